The summed E-state index contributed by atoms with van der Waals surface area (Å²) in [7, 11) is 0. The standard InChI is InChI=1S/C16H19ClN2O2/c17-14-5-3-11(4-6-14)16(21)19-18-15(20)9-13-8-10-1-2-12(13)7-10/h3-6,10,12-13H,1-2,7-9H2,(H,18,20)(H,19,21)/t10-,12+,13-/m0/s1. The average molecular weight is 307 g/mol. The van der Waals surface area contributed by atoms with Gasteiger partial charge in [0.25, 0.3) is 5.91 Å². The van der Waals surface area contributed by atoms with E-state index < -0.39 is 0 Å². The van der Waals surface area contributed by atoms with E-state index in [0.29, 0.717) is 28.8 Å². The minimum absolute atomic E-state index is 0.102. The molecule has 3 atom stereocenters. The Morgan fingerprint density at radius 3 is 2.48 bits per heavy atom. The van der Waals surface area contributed by atoms with Crippen LogP contribution < -0.4 is 10.9 Å². The van der Waals surface area contributed by atoms with Gasteiger partial charge in [0, 0.05) is 17.0 Å². The molecule has 2 amide bonds. The average Bonchev–Trinajstić information content (AvgIpc) is 3.08. The number of carbonyl (C=O) groups excluding carboxylic acids is 2. The molecular formula is C16H19ClN2O2. The van der Waals surface area contributed by atoms with Crippen LogP contribution in [0.1, 0.15) is 42.5 Å². The number of fused-ring (bicyclic) bond motifs is 2. The van der Waals surface area contributed by atoms with Crippen LogP contribution in [0.15, 0.2) is 24.3 Å². The lowest BCUT2D eigenvalue weighted by Crippen LogP contribution is -2.42. The van der Waals surface area contributed by atoms with Gasteiger partial charge in [0.15, 0.2) is 0 Å². The highest BCUT2D eigenvalue weighted by Crippen LogP contribution is 2.49. The Bertz CT molecular complexity index is 544. The molecule has 1 aromatic rings. The van der Waals surface area contributed by atoms with Crippen molar-refractivity contribution in [1.29, 1.82) is 0 Å². The van der Waals surface area contributed by atoms with Crippen molar-refractivity contribution in [3.05, 3.63) is 34.9 Å². The first-order chi connectivity index (χ1) is 10.1. The van der Waals surface area contributed by atoms with Crippen LogP contribution in [0, 0.1) is 17.8 Å². The van der Waals surface area contributed by atoms with E-state index in [-0.39, 0.29) is 11.8 Å². The van der Waals surface area contributed by atoms with Gasteiger partial charge in [-0.05, 0) is 61.3 Å². The molecule has 0 aliphatic heterocycles. The first kappa shape index (κ1) is 14.4. The Labute approximate surface area is 129 Å². The molecule has 2 aliphatic carbocycles. The van der Waals surface area contributed by atoms with Crippen molar-refractivity contribution in [2.45, 2.75) is 32.1 Å². The zero-order valence-corrected chi connectivity index (χ0v) is 12.5. The van der Waals surface area contributed by atoms with Crippen LogP contribution in [-0.4, -0.2) is 11.8 Å². The van der Waals surface area contributed by atoms with Crippen LogP contribution in [0.5, 0.6) is 0 Å². The highest BCUT2D eigenvalue weighted by Gasteiger charge is 2.40. The van der Waals surface area contributed by atoms with Crippen molar-refractivity contribution in [2.75, 3.05) is 0 Å². The number of amides is 2. The van der Waals surface area contributed by atoms with Gasteiger partial charge in [-0.15, -0.1) is 0 Å². The van der Waals surface area contributed by atoms with Gasteiger partial charge in [-0.3, -0.25) is 20.4 Å². The fraction of sp³-hybridized carbons (Fsp3) is 0.500. The third-order valence-electron chi connectivity index (χ3n) is 4.75. The number of halogens is 1. The molecule has 5 heteroatoms. The number of benzene rings is 1. The van der Waals surface area contributed by atoms with Crippen LogP contribution in [0.2, 0.25) is 5.02 Å². The Hall–Kier alpha value is -1.55. The Morgan fingerprint density at radius 2 is 1.86 bits per heavy atom. The molecule has 2 bridgehead atoms. The molecule has 3 rings (SSSR count). The highest BCUT2D eigenvalue weighted by atomic mass is 35.5. The predicted octanol–water partition coefficient (Wildman–Crippen LogP) is 2.93. The fourth-order valence-corrected chi connectivity index (χ4v) is 3.84. The first-order valence-electron chi connectivity index (χ1n) is 7.46. The van der Waals surface area contributed by atoms with Gasteiger partial charge in [-0.2, -0.15) is 0 Å². The largest absolute Gasteiger partial charge is 0.273 e. The zero-order chi connectivity index (χ0) is 14.8. The van der Waals surface area contributed by atoms with Gasteiger partial charge in [-0.25, -0.2) is 0 Å². The van der Waals surface area contributed by atoms with E-state index in [4.69, 9.17) is 11.6 Å². The lowest BCUT2D eigenvalue weighted by molar-refractivity contribution is -0.123. The van der Waals surface area contributed by atoms with Crippen LogP contribution in [0.4, 0.5) is 0 Å². The molecule has 2 N–H and O–H groups in total. The third kappa shape index (κ3) is 3.38. The Morgan fingerprint density at radius 1 is 1.10 bits per heavy atom. The molecule has 2 aliphatic rings. The molecule has 112 valence electrons. The maximum Gasteiger partial charge on any atom is 0.269 e. The number of hydrogen-bond acceptors (Lipinski definition) is 2. The number of hydrogen-bond donors (Lipinski definition) is 2. The van der Waals surface area contributed by atoms with E-state index in [1.54, 1.807) is 24.3 Å². The molecule has 0 heterocycles. The summed E-state index contributed by atoms with van der Waals surface area (Å²) in [5, 5.41) is 0.576. The molecule has 1 aromatic carbocycles. The van der Waals surface area contributed by atoms with Crippen molar-refractivity contribution in [3.63, 3.8) is 0 Å². The normalized spacial score (nSPS) is 26.6. The van der Waals surface area contributed by atoms with Crippen molar-refractivity contribution < 1.29 is 9.59 Å². The maximum absolute atomic E-state index is 11.9. The van der Waals surface area contributed by atoms with E-state index in [2.05, 4.69) is 10.9 Å². The van der Waals surface area contributed by atoms with Crippen LogP contribution in [-0.2, 0) is 4.79 Å². The quantitative estimate of drug-likeness (QED) is 0.844. The molecule has 0 saturated heterocycles. The summed E-state index contributed by atoms with van der Waals surface area (Å²) in [6.45, 7) is 0. The van der Waals surface area contributed by atoms with Gasteiger partial charge >= 0.3 is 0 Å². The van der Waals surface area contributed by atoms with Crippen LogP contribution in [0.3, 0.4) is 0 Å². The second-order valence-electron chi connectivity index (χ2n) is 6.15. The first-order valence-corrected chi connectivity index (χ1v) is 7.84. The van der Waals surface area contributed by atoms with Gasteiger partial charge in [-0.1, -0.05) is 18.0 Å². The predicted molar refractivity (Wildman–Crippen MR) is 80.6 cm³/mol. The van der Waals surface area contributed by atoms with Gasteiger partial charge in [0.05, 0.1) is 0 Å². The number of rotatable bonds is 3. The molecular weight excluding hydrogens is 288 g/mol. The topological polar surface area (TPSA) is 58.2 Å². The summed E-state index contributed by atoms with van der Waals surface area (Å²) >= 11 is 5.77. The summed E-state index contributed by atoms with van der Waals surface area (Å²) in [4.78, 5) is 23.8. The second kappa shape index (κ2) is 6.06. The molecule has 0 spiro atoms. The van der Waals surface area contributed by atoms with Crippen molar-refractivity contribution >= 4 is 23.4 Å². The van der Waals surface area contributed by atoms with Crippen LogP contribution in [0.25, 0.3) is 0 Å². The molecule has 4 nitrogen and oxygen atoms in total. The Kier molecular flexibility index (Phi) is 4.15. The summed E-state index contributed by atoms with van der Waals surface area (Å²) in [5.41, 5.74) is 5.44. The summed E-state index contributed by atoms with van der Waals surface area (Å²) in [6, 6.07) is 6.54. The number of carbonyl (C=O) groups is 2. The Balaban J connectivity index is 1.45. The summed E-state index contributed by atoms with van der Waals surface area (Å²) in [6.07, 6.45) is 5.57. The SMILES string of the molecule is O=C(C[C@@H]1C[C@H]2CC[C@@H]1C2)NNC(=O)c1ccc(Cl)cc1. The number of hydrazine groups is 1. The molecule has 0 aromatic heterocycles. The van der Waals surface area contributed by atoms with E-state index in [1.807, 2.05) is 0 Å². The van der Waals surface area contributed by atoms with Crippen molar-refractivity contribution in [2.24, 2.45) is 17.8 Å². The zero-order valence-electron chi connectivity index (χ0n) is 11.8. The lowest BCUT2D eigenvalue weighted by Gasteiger charge is -2.20. The summed E-state index contributed by atoms with van der Waals surface area (Å²) < 4.78 is 0. The minimum Gasteiger partial charge on any atom is -0.273 e. The van der Waals surface area contributed by atoms with E-state index in [9.17, 15) is 9.59 Å². The molecule has 0 radical (unpaired) electrons. The van der Waals surface area contributed by atoms with E-state index >= 15 is 0 Å². The van der Waals surface area contributed by atoms with Crippen molar-refractivity contribution in [3.8, 4) is 0 Å². The van der Waals surface area contributed by atoms with Gasteiger partial charge in [0.2, 0.25) is 5.91 Å². The second-order valence-corrected chi connectivity index (χ2v) is 6.58. The van der Waals surface area contributed by atoms with Crippen LogP contribution >= 0.6 is 11.6 Å². The van der Waals surface area contributed by atoms with Gasteiger partial charge < -0.3 is 0 Å². The smallest absolute Gasteiger partial charge is 0.269 e. The molecule has 2 saturated carbocycles. The van der Waals surface area contributed by atoms with Crippen molar-refractivity contribution in [1.82, 2.24) is 10.9 Å². The minimum atomic E-state index is -0.326. The molecule has 21 heavy (non-hydrogen) atoms. The summed E-state index contributed by atoms with van der Waals surface area (Å²) in [5.74, 6) is 1.61. The monoisotopic (exact) mass is 306 g/mol. The van der Waals surface area contributed by atoms with E-state index in [0.717, 1.165) is 5.92 Å². The maximum atomic E-state index is 11.9. The molecule has 2 fully saturated rings. The molecule has 0 unspecified atom stereocenters. The van der Waals surface area contributed by atoms with E-state index in [1.165, 1.54) is 25.7 Å². The van der Waals surface area contributed by atoms with Gasteiger partial charge in [0.1, 0.15) is 0 Å². The fourth-order valence-electron chi connectivity index (χ4n) is 3.72. The highest BCUT2D eigenvalue weighted by molar-refractivity contribution is 6.30. The number of nitrogens with one attached hydrogen (secondary N) is 2. The lowest BCUT2D eigenvalue weighted by atomic mass is 9.86. The third-order valence-corrected chi connectivity index (χ3v) is 5.01.